The number of methoxy groups -OCH3 is 1. The van der Waals surface area contributed by atoms with Gasteiger partial charge in [-0.25, -0.2) is 4.79 Å². The van der Waals surface area contributed by atoms with Gasteiger partial charge in [0.15, 0.2) is 0 Å². The highest BCUT2D eigenvalue weighted by atomic mass is 16.5. The van der Waals surface area contributed by atoms with Crippen LogP contribution in [0.5, 0.6) is 5.75 Å². The minimum absolute atomic E-state index is 0.129. The summed E-state index contributed by atoms with van der Waals surface area (Å²) in [5, 5.41) is 13.0. The van der Waals surface area contributed by atoms with Crippen molar-refractivity contribution in [1.29, 1.82) is 0 Å². The van der Waals surface area contributed by atoms with Gasteiger partial charge in [-0.05, 0) is 18.2 Å². The summed E-state index contributed by atoms with van der Waals surface area (Å²) in [6.45, 7) is -0.361. The van der Waals surface area contributed by atoms with Gasteiger partial charge in [-0.3, -0.25) is 24.6 Å². The molecule has 9 nitrogen and oxygen atoms in total. The summed E-state index contributed by atoms with van der Waals surface area (Å²) in [6, 6.07) is 3.75. The summed E-state index contributed by atoms with van der Waals surface area (Å²) in [4.78, 5) is 46.9. The first kappa shape index (κ1) is 16.3. The Labute approximate surface area is 131 Å². The third-order valence-electron chi connectivity index (χ3n) is 3.19. The maximum absolute atomic E-state index is 11.9. The Morgan fingerprint density at radius 3 is 2.74 bits per heavy atom. The van der Waals surface area contributed by atoms with Crippen LogP contribution in [0.25, 0.3) is 0 Å². The number of rotatable bonds is 5. The summed E-state index contributed by atoms with van der Waals surface area (Å²) in [6.07, 6.45) is 0.129. The number of carboxylic acids is 1. The van der Waals surface area contributed by atoms with Gasteiger partial charge in [0.05, 0.1) is 12.8 Å². The number of anilines is 1. The van der Waals surface area contributed by atoms with Crippen LogP contribution in [0.1, 0.15) is 16.8 Å². The number of urea groups is 1. The van der Waals surface area contributed by atoms with E-state index in [2.05, 4.69) is 10.6 Å². The lowest BCUT2D eigenvalue weighted by Crippen LogP contribution is -2.49. The average Bonchev–Trinajstić information content (AvgIpc) is 2.52. The summed E-state index contributed by atoms with van der Waals surface area (Å²) < 4.78 is 5.17. The number of carbonyl (C=O) groups is 4. The van der Waals surface area contributed by atoms with Gasteiger partial charge < -0.3 is 15.2 Å². The molecule has 4 amide bonds. The minimum Gasteiger partial charge on any atom is -0.495 e. The fourth-order valence-electron chi connectivity index (χ4n) is 2.09. The molecule has 122 valence electrons. The van der Waals surface area contributed by atoms with Crippen LogP contribution in [0.4, 0.5) is 10.5 Å². The van der Waals surface area contributed by atoms with E-state index in [1.54, 1.807) is 0 Å². The zero-order chi connectivity index (χ0) is 17.0. The molecule has 2 rings (SSSR count). The molecule has 0 saturated carbocycles. The Kier molecular flexibility index (Phi) is 4.79. The number of carbonyl (C=O) groups excluding carboxylic acids is 3. The lowest BCUT2D eigenvalue weighted by atomic mass is 10.1. The average molecular weight is 321 g/mol. The highest BCUT2D eigenvalue weighted by Gasteiger charge is 2.27. The highest BCUT2D eigenvalue weighted by molar-refractivity contribution is 6.07. The summed E-state index contributed by atoms with van der Waals surface area (Å²) in [5.41, 5.74) is 0.493. The van der Waals surface area contributed by atoms with Crippen molar-refractivity contribution in [2.45, 2.75) is 6.42 Å². The molecule has 0 aliphatic carbocycles. The molecular formula is C14H15N3O6. The van der Waals surface area contributed by atoms with Gasteiger partial charge in [0, 0.05) is 18.5 Å². The Morgan fingerprint density at radius 1 is 1.39 bits per heavy atom. The first-order valence-electron chi connectivity index (χ1n) is 6.71. The first-order chi connectivity index (χ1) is 10.9. The Balaban J connectivity index is 2.28. The van der Waals surface area contributed by atoms with E-state index in [0.717, 1.165) is 0 Å². The largest absolute Gasteiger partial charge is 0.495 e. The van der Waals surface area contributed by atoms with E-state index < -0.39 is 24.5 Å². The molecule has 1 saturated heterocycles. The molecule has 0 aromatic heterocycles. The maximum atomic E-state index is 11.9. The molecule has 9 heteroatoms. The van der Waals surface area contributed by atoms with Crippen molar-refractivity contribution in [3.8, 4) is 5.75 Å². The molecule has 1 aliphatic heterocycles. The number of hydrogen-bond donors (Lipinski definition) is 3. The smallest absolute Gasteiger partial charge is 0.328 e. The first-order valence-corrected chi connectivity index (χ1v) is 6.71. The molecular weight excluding hydrogens is 306 g/mol. The van der Waals surface area contributed by atoms with Crippen LogP contribution in [0.3, 0.4) is 0 Å². The lowest BCUT2D eigenvalue weighted by molar-refractivity contribution is -0.135. The number of aliphatic carboxylic acids is 1. The molecule has 0 radical (unpaired) electrons. The second-order valence-electron chi connectivity index (χ2n) is 4.72. The van der Waals surface area contributed by atoms with Crippen molar-refractivity contribution in [3.05, 3.63) is 23.8 Å². The number of nitrogens with one attached hydrogen (secondary N) is 2. The molecule has 1 fully saturated rings. The van der Waals surface area contributed by atoms with Gasteiger partial charge in [-0.2, -0.15) is 0 Å². The number of benzene rings is 1. The summed E-state index contributed by atoms with van der Waals surface area (Å²) >= 11 is 0. The Hall–Kier alpha value is -3.10. The number of hydrogen-bond acceptors (Lipinski definition) is 5. The van der Waals surface area contributed by atoms with Crippen LogP contribution in [0.15, 0.2) is 18.2 Å². The number of amides is 4. The molecule has 0 spiro atoms. The quantitative estimate of drug-likeness (QED) is 0.698. The van der Waals surface area contributed by atoms with Crippen molar-refractivity contribution in [2.24, 2.45) is 0 Å². The van der Waals surface area contributed by atoms with E-state index in [1.807, 2.05) is 0 Å². The van der Waals surface area contributed by atoms with Crippen LogP contribution in [0, 0.1) is 0 Å². The standard InChI is InChI=1S/C14H15N3O6/c1-23-10-3-2-8(13(21)15-7-12(19)20)6-9(10)17-5-4-11(18)16-14(17)22/h2-3,6H,4-5,7H2,1H3,(H,15,21)(H,19,20)(H,16,18,22). The van der Waals surface area contributed by atoms with Crippen LogP contribution in [0.2, 0.25) is 0 Å². The molecule has 3 N–H and O–H groups in total. The molecule has 1 aliphatic rings. The number of carboxylic acid groups (broad SMARTS) is 1. The third kappa shape index (κ3) is 3.76. The normalized spacial score (nSPS) is 14.2. The highest BCUT2D eigenvalue weighted by Crippen LogP contribution is 2.30. The zero-order valence-electron chi connectivity index (χ0n) is 12.3. The van der Waals surface area contributed by atoms with Gasteiger partial charge in [0.25, 0.3) is 5.91 Å². The lowest BCUT2D eigenvalue weighted by Gasteiger charge is -2.28. The van der Waals surface area contributed by atoms with Gasteiger partial charge in [-0.15, -0.1) is 0 Å². The number of ether oxygens (including phenoxy) is 1. The van der Waals surface area contributed by atoms with E-state index in [9.17, 15) is 19.2 Å². The van der Waals surface area contributed by atoms with Crippen molar-refractivity contribution >= 4 is 29.5 Å². The maximum Gasteiger partial charge on any atom is 0.328 e. The van der Waals surface area contributed by atoms with Crippen molar-refractivity contribution in [2.75, 3.05) is 25.1 Å². The van der Waals surface area contributed by atoms with Gasteiger partial charge in [0.1, 0.15) is 12.3 Å². The molecule has 0 unspecified atom stereocenters. The molecule has 0 bridgehead atoms. The monoisotopic (exact) mass is 321 g/mol. The van der Waals surface area contributed by atoms with E-state index in [0.29, 0.717) is 11.4 Å². The van der Waals surface area contributed by atoms with Crippen LogP contribution in [-0.4, -0.2) is 49.1 Å². The predicted molar refractivity (Wildman–Crippen MR) is 78.5 cm³/mol. The second-order valence-corrected chi connectivity index (χ2v) is 4.72. The van der Waals surface area contributed by atoms with E-state index >= 15 is 0 Å². The molecule has 23 heavy (non-hydrogen) atoms. The van der Waals surface area contributed by atoms with E-state index in [-0.39, 0.29) is 24.4 Å². The molecule has 1 aromatic rings. The third-order valence-corrected chi connectivity index (χ3v) is 3.19. The van der Waals surface area contributed by atoms with Gasteiger partial charge >= 0.3 is 12.0 Å². The van der Waals surface area contributed by atoms with Crippen LogP contribution in [-0.2, 0) is 9.59 Å². The number of imide groups is 1. The molecule has 1 aromatic carbocycles. The topological polar surface area (TPSA) is 125 Å². The second kappa shape index (κ2) is 6.77. The Morgan fingerprint density at radius 2 is 2.13 bits per heavy atom. The molecule has 1 heterocycles. The van der Waals surface area contributed by atoms with Gasteiger partial charge in [0.2, 0.25) is 5.91 Å². The van der Waals surface area contributed by atoms with Crippen molar-refractivity contribution < 1.29 is 29.0 Å². The van der Waals surface area contributed by atoms with E-state index in [4.69, 9.17) is 9.84 Å². The van der Waals surface area contributed by atoms with Gasteiger partial charge in [-0.1, -0.05) is 0 Å². The predicted octanol–water partition coefficient (Wildman–Crippen LogP) is -0.0441. The fraction of sp³-hybridized carbons (Fsp3) is 0.286. The van der Waals surface area contributed by atoms with Crippen molar-refractivity contribution in [3.63, 3.8) is 0 Å². The van der Waals surface area contributed by atoms with Crippen LogP contribution >= 0.6 is 0 Å². The van der Waals surface area contributed by atoms with Crippen LogP contribution < -0.4 is 20.3 Å². The minimum atomic E-state index is -1.17. The SMILES string of the molecule is COc1ccc(C(=O)NCC(=O)O)cc1N1CCC(=O)NC1=O. The fourth-order valence-corrected chi connectivity index (χ4v) is 2.09. The molecule has 0 atom stereocenters. The summed E-state index contributed by atoms with van der Waals surface area (Å²) in [7, 11) is 1.41. The Bertz CT molecular complexity index is 672. The number of nitrogens with zero attached hydrogens (tertiary/aromatic N) is 1. The summed E-state index contributed by atoms with van der Waals surface area (Å²) in [5.74, 6) is -1.78. The van der Waals surface area contributed by atoms with E-state index in [1.165, 1.54) is 30.2 Å². The van der Waals surface area contributed by atoms with Crippen molar-refractivity contribution in [1.82, 2.24) is 10.6 Å². The zero-order valence-corrected chi connectivity index (χ0v) is 12.3.